The molecule has 3 nitrogen and oxygen atoms in total. The van der Waals surface area contributed by atoms with Gasteiger partial charge in [0.1, 0.15) is 6.61 Å². The van der Waals surface area contributed by atoms with E-state index in [9.17, 15) is 0 Å². The first-order valence-electron chi connectivity index (χ1n) is 4.83. The number of anilines is 1. The lowest BCUT2D eigenvalue weighted by molar-refractivity contribution is 0.292. The molecular weight excluding hydrogens is 268 g/mol. The van der Waals surface area contributed by atoms with Crippen molar-refractivity contribution in [3.8, 4) is 5.88 Å². The second kappa shape index (κ2) is 4.99. The Morgan fingerprint density at radius 3 is 2.62 bits per heavy atom. The summed E-state index contributed by atoms with van der Waals surface area (Å²) in [7, 11) is 0. The number of halogens is 1. The molecule has 0 unspecified atom stereocenters. The quantitative estimate of drug-likeness (QED) is 0.878. The summed E-state index contributed by atoms with van der Waals surface area (Å²) in [6, 6.07) is 11.3. The number of nitrogens with two attached hydrogens (primary N) is 1. The average molecular weight is 279 g/mol. The Labute approximate surface area is 102 Å². The van der Waals surface area contributed by atoms with Crippen LogP contribution in [0.25, 0.3) is 0 Å². The van der Waals surface area contributed by atoms with E-state index in [1.807, 2.05) is 36.4 Å². The van der Waals surface area contributed by atoms with Crippen LogP contribution >= 0.6 is 15.9 Å². The topological polar surface area (TPSA) is 48.1 Å². The van der Waals surface area contributed by atoms with Gasteiger partial charge in [0.15, 0.2) is 0 Å². The molecule has 0 aliphatic rings. The molecular formula is C12H11BrN2O. The molecule has 0 saturated heterocycles. The van der Waals surface area contributed by atoms with Crippen molar-refractivity contribution in [2.24, 2.45) is 0 Å². The Morgan fingerprint density at radius 1 is 1.19 bits per heavy atom. The monoisotopic (exact) mass is 278 g/mol. The van der Waals surface area contributed by atoms with Gasteiger partial charge in [-0.2, -0.15) is 0 Å². The standard InChI is InChI=1S/C12H11BrN2O/c13-11-2-1-7-15-12(11)16-8-9-3-5-10(14)6-4-9/h1-7H,8,14H2. The maximum absolute atomic E-state index is 5.60. The molecule has 0 radical (unpaired) electrons. The van der Waals surface area contributed by atoms with Crippen LogP contribution in [0.4, 0.5) is 5.69 Å². The lowest BCUT2D eigenvalue weighted by atomic mass is 10.2. The van der Waals surface area contributed by atoms with Gasteiger partial charge in [-0.3, -0.25) is 0 Å². The number of ether oxygens (including phenoxy) is 1. The zero-order valence-electron chi connectivity index (χ0n) is 8.56. The van der Waals surface area contributed by atoms with E-state index >= 15 is 0 Å². The van der Waals surface area contributed by atoms with Crippen molar-refractivity contribution in [3.63, 3.8) is 0 Å². The van der Waals surface area contributed by atoms with Crippen molar-refractivity contribution in [2.45, 2.75) is 6.61 Å². The third kappa shape index (κ3) is 2.73. The Bertz CT molecular complexity index is 471. The minimum Gasteiger partial charge on any atom is -0.472 e. The van der Waals surface area contributed by atoms with Gasteiger partial charge in [-0.15, -0.1) is 0 Å². The fourth-order valence-electron chi connectivity index (χ4n) is 1.24. The maximum Gasteiger partial charge on any atom is 0.228 e. The molecule has 1 heterocycles. The lowest BCUT2D eigenvalue weighted by Gasteiger charge is -2.06. The highest BCUT2D eigenvalue weighted by molar-refractivity contribution is 9.10. The van der Waals surface area contributed by atoms with E-state index in [1.165, 1.54) is 0 Å². The van der Waals surface area contributed by atoms with E-state index in [1.54, 1.807) is 6.20 Å². The van der Waals surface area contributed by atoms with Gasteiger partial charge in [-0.25, -0.2) is 4.98 Å². The van der Waals surface area contributed by atoms with Crippen LogP contribution in [0.1, 0.15) is 5.56 Å². The Kier molecular flexibility index (Phi) is 3.41. The van der Waals surface area contributed by atoms with Gasteiger partial charge < -0.3 is 10.5 Å². The van der Waals surface area contributed by atoms with Gasteiger partial charge in [0.2, 0.25) is 5.88 Å². The second-order valence-electron chi connectivity index (χ2n) is 3.32. The van der Waals surface area contributed by atoms with Crippen molar-refractivity contribution in [1.82, 2.24) is 4.98 Å². The smallest absolute Gasteiger partial charge is 0.228 e. The number of hydrogen-bond donors (Lipinski definition) is 1. The fraction of sp³-hybridized carbons (Fsp3) is 0.0833. The number of hydrogen-bond acceptors (Lipinski definition) is 3. The summed E-state index contributed by atoms with van der Waals surface area (Å²) in [5.74, 6) is 0.597. The Morgan fingerprint density at radius 2 is 1.94 bits per heavy atom. The first kappa shape index (κ1) is 11.0. The van der Waals surface area contributed by atoms with Crippen molar-refractivity contribution < 1.29 is 4.74 Å². The average Bonchev–Trinajstić information content (AvgIpc) is 2.30. The SMILES string of the molecule is Nc1ccc(COc2ncccc2Br)cc1. The summed E-state index contributed by atoms with van der Waals surface area (Å²) >= 11 is 3.37. The Balaban J connectivity index is 2.02. The zero-order chi connectivity index (χ0) is 11.4. The first-order valence-corrected chi connectivity index (χ1v) is 5.63. The van der Waals surface area contributed by atoms with Crippen molar-refractivity contribution in [2.75, 3.05) is 5.73 Å². The minimum absolute atomic E-state index is 0.482. The fourth-order valence-corrected chi connectivity index (χ4v) is 1.61. The van der Waals surface area contributed by atoms with Crippen molar-refractivity contribution >= 4 is 21.6 Å². The van der Waals surface area contributed by atoms with Gasteiger partial charge in [-0.1, -0.05) is 12.1 Å². The first-order chi connectivity index (χ1) is 7.75. The van der Waals surface area contributed by atoms with E-state index in [0.717, 1.165) is 15.7 Å². The van der Waals surface area contributed by atoms with E-state index in [2.05, 4.69) is 20.9 Å². The molecule has 0 amide bonds. The second-order valence-corrected chi connectivity index (χ2v) is 4.17. The van der Waals surface area contributed by atoms with Gasteiger partial charge >= 0.3 is 0 Å². The molecule has 0 spiro atoms. The molecule has 2 rings (SSSR count). The molecule has 82 valence electrons. The molecule has 0 saturated carbocycles. The van der Waals surface area contributed by atoms with Crippen LogP contribution in [-0.2, 0) is 6.61 Å². The molecule has 2 N–H and O–H groups in total. The van der Waals surface area contributed by atoms with Crippen LogP contribution in [0.15, 0.2) is 47.1 Å². The number of pyridine rings is 1. The molecule has 0 aliphatic heterocycles. The zero-order valence-corrected chi connectivity index (χ0v) is 10.1. The highest BCUT2D eigenvalue weighted by Crippen LogP contribution is 2.21. The molecule has 16 heavy (non-hydrogen) atoms. The van der Waals surface area contributed by atoms with Crippen LogP contribution in [0, 0.1) is 0 Å². The molecule has 2 aromatic rings. The van der Waals surface area contributed by atoms with E-state index in [0.29, 0.717) is 12.5 Å². The van der Waals surface area contributed by atoms with Gasteiger partial charge in [-0.05, 0) is 45.8 Å². The number of nitrogen functional groups attached to an aromatic ring is 1. The highest BCUT2D eigenvalue weighted by Gasteiger charge is 2.01. The van der Waals surface area contributed by atoms with Crippen molar-refractivity contribution in [1.29, 1.82) is 0 Å². The van der Waals surface area contributed by atoms with Crippen LogP contribution in [0.5, 0.6) is 5.88 Å². The number of aromatic nitrogens is 1. The van der Waals surface area contributed by atoms with Gasteiger partial charge in [0.25, 0.3) is 0 Å². The largest absolute Gasteiger partial charge is 0.472 e. The van der Waals surface area contributed by atoms with E-state index in [-0.39, 0.29) is 0 Å². The summed E-state index contributed by atoms with van der Waals surface area (Å²) in [5, 5.41) is 0. The number of nitrogens with zero attached hydrogens (tertiary/aromatic N) is 1. The number of benzene rings is 1. The third-order valence-corrected chi connectivity index (χ3v) is 2.68. The minimum atomic E-state index is 0.482. The summed E-state index contributed by atoms with van der Waals surface area (Å²) in [4.78, 5) is 4.12. The van der Waals surface area contributed by atoms with Gasteiger partial charge in [0.05, 0.1) is 4.47 Å². The van der Waals surface area contributed by atoms with Crippen LogP contribution in [0.3, 0.4) is 0 Å². The predicted octanol–water partition coefficient (Wildman–Crippen LogP) is 3.01. The molecule has 0 fully saturated rings. The molecule has 1 aromatic heterocycles. The summed E-state index contributed by atoms with van der Waals surface area (Å²) in [6.45, 7) is 0.482. The third-order valence-electron chi connectivity index (χ3n) is 2.08. The maximum atomic E-state index is 5.60. The lowest BCUT2D eigenvalue weighted by Crippen LogP contribution is -1.98. The van der Waals surface area contributed by atoms with Gasteiger partial charge in [0, 0.05) is 11.9 Å². The summed E-state index contributed by atoms with van der Waals surface area (Å²) in [6.07, 6.45) is 1.70. The molecule has 0 atom stereocenters. The van der Waals surface area contributed by atoms with E-state index < -0.39 is 0 Å². The summed E-state index contributed by atoms with van der Waals surface area (Å²) < 4.78 is 6.42. The van der Waals surface area contributed by atoms with E-state index in [4.69, 9.17) is 10.5 Å². The molecule has 0 bridgehead atoms. The number of rotatable bonds is 3. The predicted molar refractivity (Wildman–Crippen MR) is 67.1 cm³/mol. The molecule has 1 aromatic carbocycles. The normalized spacial score (nSPS) is 10.1. The van der Waals surface area contributed by atoms with Crippen LogP contribution in [0.2, 0.25) is 0 Å². The Hall–Kier alpha value is -1.55. The molecule has 0 aliphatic carbocycles. The van der Waals surface area contributed by atoms with Crippen LogP contribution in [-0.4, -0.2) is 4.98 Å². The van der Waals surface area contributed by atoms with Crippen molar-refractivity contribution in [3.05, 3.63) is 52.6 Å². The van der Waals surface area contributed by atoms with Crippen LogP contribution < -0.4 is 10.5 Å². The summed E-state index contributed by atoms with van der Waals surface area (Å²) in [5.41, 5.74) is 7.41. The molecule has 4 heteroatoms. The highest BCUT2D eigenvalue weighted by atomic mass is 79.9.